The number of likely N-dealkylation sites (N-methyl/N-ethyl adjacent to an activating group) is 2. The van der Waals surface area contributed by atoms with Crippen LogP contribution in [0, 0.1) is 5.92 Å². The predicted molar refractivity (Wildman–Crippen MR) is 115 cm³/mol. The van der Waals surface area contributed by atoms with Gasteiger partial charge in [0.15, 0.2) is 10.2 Å². The molecule has 0 aromatic heterocycles. The smallest absolute Gasteiger partial charge is 0.265 e. The van der Waals surface area contributed by atoms with Crippen molar-refractivity contribution >= 4 is 58.3 Å². The quantitative estimate of drug-likeness (QED) is 0.268. The normalized spacial score (nSPS) is 19.4. The fourth-order valence-corrected chi connectivity index (χ4v) is 4.05. The molecule has 10 heteroatoms. The summed E-state index contributed by atoms with van der Waals surface area (Å²) in [5.41, 5.74) is -0.0653. The summed E-state index contributed by atoms with van der Waals surface area (Å²) in [5.74, 6) is -2.89. The molecule has 0 spiro atoms. The zero-order valence-corrected chi connectivity index (χ0v) is 18.5. The highest BCUT2D eigenvalue weighted by Gasteiger charge is 2.41. The zero-order chi connectivity index (χ0) is 21.9. The first-order valence-electron chi connectivity index (χ1n) is 9.47. The van der Waals surface area contributed by atoms with E-state index in [-0.39, 0.29) is 15.8 Å². The number of amides is 4. The van der Waals surface area contributed by atoms with Gasteiger partial charge >= 0.3 is 0 Å². The molecule has 29 heavy (non-hydrogen) atoms. The van der Waals surface area contributed by atoms with Crippen molar-refractivity contribution in [3.63, 3.8) is 0 Å². The summed E-state index contributed by atoms with van der Waals surface area (Å²) in [4.78, 5) is 55.9. The summed E-state index contributed by atoms with van der Waals surface area (Å²) in [6.45, 7) is 8.43. The van der Waals surface area contributed by atoms with Crippen molar-refractivity contribution in [1.29, 1.82) is 0 Å². The highest BCUT2D eigenvalue weighted by Crippen LogP contribution is 2.21. The molecule has 0 unspecified atom stereocenters. The molecule has 2 fully saturated rings. The van der Waals surface area contributed by atoms with Gasteiger partial charge in [-0.2, -0.15) is 0 Å². The van der Waals surface area contributed by atoms with Gasteiger partial charge in [-0.15, -0.1) is 0 Å². The Labute approximate surface area is 180 Å². The highest BCUT2D eigenvalue weighted by molar-refractivity contribution is 7.80. The van der Waals surface area contributed by atoms with Crippen LogP contribution in [0.4, 0.5) is 0 Å². The molecule has 156 valence electrons. The van der Waals surface area contributed by atoms with Crippen molar-refractivity contribution in [2.24, 2.45) is 5.92 Å². The van der Waals surface area contributed by atoms with Crippen LogP contribution < -0.4 is 0 Å². The van der Waals surface area contributed by atoms with Crippen LogP contribution in [0.5, 0.6) is 0 Å². The van der Waals surface area contributed by atoms with Gasteiger partial charge in [-0.05, 0) is 58.2 Å². The standard InChI is InChI=1S/C19H24N4O4S2/c1-5-20-14(24)12(15(25)21(6-2)18(20)28)10-9-11-13-16(26)22(7-3)19(29)23(8-4)17(13)27/h9-12H,5-8H2,1-4H3/b10-9+. The maximum atomic E-state index is 12.6. The van der Waals surface area contributed by atoms with Crippen molar-refractivity contribution in [3.8, 4) is 0 Å². The molecule has 4 amide bonds. The maximum Gasteiger partial charge on any atom is 0.265 e. The first-order chi connectivity index (χ1) is 13.7. The van der Waals surface area contributed by atoms with Gasteiger partial charge in [-0.1, -0.05) is 12.2 Å². The van der Waals surface area contributed by atoms with E-state index in [0.717, 1.165) is 0 Å². The molecule has 0 aromatic rings. The minimum atomic E-state index is -1.06. The monoisotopic (exact) mass is 436 g/mol. The fraction of sp³-hybridized carbons (Fsp3) is 0.474. The van der Waals surface area contributed by atoms with E-state index in [4.69, 9.17) is 24.4 Å². The molecule has 2 rings (SSSR count). The van der Waals surface area contributed by atoms with E-state index >= 15 is 0 Å². The Morgan fingerprint density at radius 1 is 0.724 bits per heavy atom. The molecular weight excluding hydrogens is 412 g/mol. The Kier molecular flexibility index (Phi) is 7.37. The lowest BCUT2D eigenvalue weighted by Crippen LogP contribution is -2.58. The second-order valence-electron chi connectivity index (χ2n) is 6.27. The minimum Gasteiger partial charge on any atom is -0.288 e. The molecule has 0 bridgehead atoms. The Bertz CT molecular complexity index is 782. The SMILES string of the molecule is CCN1C(=O)C(=C/C=C/C2C(=O)N(CC)C(=S)N(CC)C2=O)C(=O)N(CC)C1=S. The molecule has 8 nitrogen and oxygen atoms in total. The summed E-state index contributed by atoms with van der Waals surface area (Å²) in [5, 5.41) is 0.366. The van der Waals surface area contributed by atoms with E-state index in [2.05, 4.69) is 0 Å². The summed E-state index contributed by atoms with van der Waals surface area (Å²) >= 11 is 10.4. The maximum absolute atomic E-state index is 12.6. The molecule has 2 aliphatic heterocycles. The van der Waals surface area contributed by atoms with Crippen LogP contribution in [-0.2, 0) is 19.2 Å². The summed E-state index contributed by atoms with van der Waals surface area (Å²) in [7, 11) is 0. The number of nitrogens with zero attached hydrogens (tertiary/aromatic N) is 4. The summed E-state index contributed by atoms with van der Waals surface area (Å²) in [6.07, 6.45) is 4.13. The van der Waals surface area contributed by atoms with Crippen LogP contribution in [0.25, 0.3) is 0 Å². The van der Waals surface area contributed by atoms with Crippen LogP contribution in [0.1, 0.15) is 27.7 Å². The third kappa shape index (κ3) is 3.99. The van der Waals surface area contributed by atoms with Crippen molar-refractivity contribution in [3.05, 3.63) is 23.8 Å². The predicted octanol–water partition coefficient (Wildman–Crippen LogP) is 1.08. The van der Waals surface area contributed by atoms with Crippen molar-refractivity contribution in [1.82, 2.24) is 19.6 Å². The topological polar surface area (TPSA) is 81.2 Å². The molecule has 0 aromatic carbocycles. The molecule has 0 atom stereocenters. The third-order valence-corrected chi connectivity index (χ3v) is 5.65. The van der Waals surface area contributed by atoms with Crippen LogP contribution in [0.2, 0.25) is 0 Å². The Morgan fingerprint density at radius 2 is 1.10 bits per heavy atom. The first-order valence-corrected chi connectivity index (χ1v) is 10.3. The first kappa shape index (κ1) is 22.8. The molecule has 0 N–H and O–H groups in total. The van der Waals surface area contributed by atoms with Crippen LogP contribution >= 0.6 is 24.4 Å². The van der Waals surface area contributed by atoms with Gasteiger partial charge in [0.05, 0.1) is 0 Å². The Balaban J connectivity index is 2.35. The van der Waals surface area contributed by atoms with Crippen LogP contribution in [0.3, 0.4) is 0 Å². The van der Waals surface area contributed by atoms with Gasteiger partial charge in [0, 0.05) is 26.2 Å². The van der Waals surface area contributed by atoms with E-state index < -0.39 is 29.5 Å². The van der Waals surface area contributed by atoms with Crippen molar-refractivity contribution in [2.45, 2.75) is 27.7 Å². The number of carbonyl (C=O) groups is 4. The molecule has 0 saturated carbocycles. The lowest BCUT2D eigenvalue weighted by molar-refractivity contribution is -0.144. The molecule has 0 radical (unpaired) electrons. The Hall–Kier alpha value is -2.46. The number of allylic oxidation sites excluding steroid dienone is 2. The average molecular weight is 437 g/mol. The van der Waals surface area contributed by atoms with Crippen molar-refractivity contribution in [2.75, 3.05) is 26.2 Å². The minimum absolute atomic E-state index is 0.0653. The molecular formula is C19H24N4O4S2. The van der Waals surface area contributed by atoms with E-state index in [1.165, 1.54) is 37.8 Å². The summed E-state index contributed by atoms with van der Waals surface area (Å²) < 4.78 is 0. The van der Waals surface area contributed by atoms with Gasteiger partial charge in [0.25, 0.3) is 11.8 Å². The zero-order valence-electron chi connectivity index (χ0n) is 16.9. The number of hydrogen-bond acceptors (Lipinski definition) is 6. The second kappa shape index (κ2) is 9.36. The van der Waals surface area contributed by atoms with E-state index in [0.29, 0.717) is 26.2 Å². The Morgan fingerprint density at radius 3 is 1.48 bits per heavy atom. The van der Waals surface area contributed by atoms with E-state index in [9.17, 15) is 19.2 Å². The van der Waals surface area contributed by atoms with E-state index in [1.807, 2.05) is 0 Å². The molecule has 2 aliphatic rings. The molecule has 2 heterocycles. The van der Waals surface area contributed by atoms with E-state index in [1.54, 1.807) is 27.7 Å². The van der Waals surface area contributed by atoms with Gasteiger partial charge in [-0.25, -0.2) is 0 Å². The van der Waals surface area contributed by atoms with Crippen molar-refractivity contribution < 1.29 is 19.2 Å². The molecule has 0 aliphatic carbocycles. The number of carbonyl (C=O) groups excluding carboxylic acids is 4. The van der Waals surface area contributed by atoms with Gasteiger partial charge in [0.2, 0.25) is 11.8 Å². The van der Waals surface area contributed by atoms with Gasteiger partial charge < -0.3 is 0 Å². The summed E-state index contributed by atoms with van der Waals surface area (Å²) in [6, 6.07) is 0. The third-order valence-electron chi connectivity index (χ3n) is 4.77. The lowest BCUT2D eigenvalue weighted by Gasteiger charge is -2.37. The van der Waals surface area contributed by atoms with Crippen LogP contribution in [-0.4, -0.2) is 79.6 Å². The van der Waals surface area contributed by atoms with Gasteiger partial charge in [-0.3, -0.25) is 38.8 Å². The lowest BCUT2D eigenvalue weighted by atomic mass is 10.0. The fourth-order valence-electron chi connectivity index (χ4n) is 3.19. The largest absolute Gasteiger partial charge is 0.288 e. The number of hydrogen-bond donors (Lipinski definition) is 0. The number of thiocarbonyl (C=S) groups is 2. The van der Waals surface area contributed by atoms with Gasteiger partial charge in [0.1, 0.15) is 11.5 Å². The molecule has 2 saturated heterocycles. The highest BCUT2D eigenvalue weighted by atomic mass is 32.1. The second-order valence-corrected chi connectivity index (χ2v) is 7.00. The average Bonchev–Trinajstić information content (AvgIpc) is 2.68. The van der Waals surface area contributed by atoms with Crippen LogP contribution in [0.15, 0.2) is 23.8 Å². The number of rotatable bonds is 6.